The van der Waals surface area contributed by atoms with Gasteiger partial charge in [0.15, 0.2) is 0 Å². The van der Waals surface area contributed by atoms with Crippen molar-refractivity contribution in [3.05, 3.63) is 47.4 Å². The molecule has 1 saturated heterocycles. The van der Waals surface area contributed by atoms with Crippen LogP contribution >= 0.6 is 0 Å². The van der Waals surface area contributed by atoms with Gasteiger partial charge in [0.25, 0.3) is 0 Å². The van der Waals surface area contributed by atoms with Crippen LogP contribution in [0.2, 0.25) is 0 Å². The lowest BCUT2D eigenvalue weighted by atomic mass is 10.1. The van der Waals surface area contributed by atoms with E-state index in [0.29, 0.717) is 18.2 Å². The number of amides is 2. The number of hydrogen-bond acceptors (Lipinski definition) is 4. The molecule has 2 aromatic rings. The number of piperidine rings is 1. The van der Waals surface area contributed by atoms with Crippen molar-refractivity contribution in [2.45, 2.75) is 39.7 Å². The van der Waals surface area contributed by atoms with Gasteiger partial charge in [-0.1, -0.05) is 18.2 Å². The Morgan fingerprint density at radius 3 is 2.80 bits per heavy atom. The van der Waals surface area contributed by atoms with E-state index in [4.69, 9.17) is 4.74 Å². The number of nitrogens with one attached hydrogen (secondary N) is 1. The summed E-state index contributed by atoms with van der Waals surface area (Å²) in [5.74, 6) is 1.27. The lowest BCUT2D eigenvalue weighted by molar-refractivity contribution is 0.102. The van der Waals surface area contributed by atoms with E-state index in [1.807, 2.05) is 56.0 Å². The van der Waals surface area contributed by atoms with Gasteiger partial charge in [-0.25, -0.2) is 9.78 Å². The number of likely N-dealkylation sites (tertiary alicyclic amines) is 1. The van der Waals surface area contributed by atoms with Crippen LogP contribution in [0.15, 0.2) is 30.3 Å². The molecular formula is C19H24N4O2. The monoisotopic (exact) mass is 340 g/mol. The van der Waals surface area contributed by atoms with Crippen molar-refractivity contribution >= 4 is 11.7 Å². The van der Waals surface area contributed by atoms with E-state index in [2.05, 4.69) is 15.3 Å². The van der Waals surface area contributed by atoms with Crippen LogP contribution in [0.3, 0.4) is 0 Å². The number of benzene rings is 1. The second kappa shape index (κ2) is 7.51. The third-order valence-corrected chi connectivity index (χ3v) is 4.28. The minimum atomic E-state index is -0.0855. The molecular weight excluding hydrogens is 316 g/mol. The van der Waals surface area contributed by atoms with E-state index in [-0.39, 0.29) is 12.1 Å². The molecule has 2 amide bonds. The predicted octanol–water partition coefficient (Wildman–Crippen LogP) is 3.48. The molecule has 2 heterocycles. The smallest absolute Gasteiger partial charge is 0.321 e. The summed E-state index contributed by atoms with van der Waals surface area (Å²) in [5, 5.41) is 2.99. The van der Waals surface area contributed by atoms with Crippen LogP contribution in [-0.2, 0) is 0 Å². The van der Waals surface area contributed by atoms with Crippen LogP contribution in [0.5, 0.6) is 5.88 Å². The highest BCUT2D eigenvalue weighted by Crippen LogP contribution is 2.19. The highest BCUT2D eigenvalue weighted by molar-refractivity contribution is 5.90. The fourth-order valence-electron chi connectivity index (χ4n) is 3.04. The Morgan fingerprint density at radius 1 is 1.24 bits per heavy atom. The zero-order valence-corrected chi connectivity index (χ0v) is 15.0. The van der Waals surface area contributed by atoms with Crippen molar-refractivity contribution in [1.82, 2.24) is 14.9 Å². The summed E-state index contributed by atoms with van der Waals surface area (Å²) in [6, 6.07) is 9.53. The number of nitrogens with zero attached hydrogens (tertiary/aromatic N) is 3. The number of ether oxygens (including phenoxy) is 1. The molecule has 1 aliphatic heterocycles. The molecule has 1 atom stereocenters. The quantitative estimate of drug-likeness (QED) is 0.929. The Labute approximate surface area is 148 Å². The highest BCUT2D eigenvalue weighted by atomic mass is 16.5. The number of rotatable bonds is 3. The Hall–Kier alpha value is -2.63. The summed E-state index contributed by atoms with van der Waals surface area (Å²) >= 11 is 0. The number of urea groups is 1. The molecule has 0 saturated carbocycles. The predicted molar refractivity (Wildman–Crippen MR) is 96.9 cm³/mol. The number of hydrogen-bond donors (Lipinski definition) is 1. The maximum Gasteiger partial charge on any atom is 0.321 e. The van der Waals surface area contributed by atoms with Gasteiger partial charge < -0.3 is 15.0 Å². The Balaban J connectivity index is 1.62. The van der Waals surface area contributed by atoms with Crippen molar-refractivity contribution < 1.29 is 9.53 Å². The summed E-state index contributed by atoms with van der Waals surface area (Å²) < 4.78 is 6.00. The second-order valence-electron chi connectivity index (χ2n) is 6.47. The van der Waals surface area contributed by atoms with Gasteiger partial charge in [0.05, 0.1) is 6.54 Å². The lowest BCUT2D eigenvalue weighted by Gasteiger charge is -2.32. The molecule has 6 nitrogen and oxygen atoms in total. The average Bonchev–Trinajstić information content (AvgIpc) is 2.56. The van der Waals surface area contributed by atoms with Crippen LogP contribution in [0.4, 0.5) is 10.5 Å². The van der Waals surface area contributed by atoms with E-state index in [1.165, 1.54) is 0 Å². The molecule has 1 aromatic carbocycles. The number of aryl methyl sites for hydroxylation is 3. The number of aromatic nitrogens is 2. The molecule has 1 unspecified atom stereocenters. The molecule has 3 rings (SSSR count). The number of para-hydroxylation sites is 1. The van der Waals surface area contributed by atoms with Gasteiger partial charge in [-0.3, -0.25) is 0 Å². The highest BCUT2D eigenvalue weighted by Gasteiger charge is 2.25. The topological polar surface area (TPSA) is 67.3 Å². The Morgan fingerprint density at radius 2 is 2.04 bits per heavy atom. The maximum atomic E-state index is 12.6. The molecule has 0 spiro atoms. The van der Waals surface area contributed by atoms with E-state index in [1.54, 1.807) is 0 Å². The van der Waals surface area contributed by atoms with Gasteiger partial charge in [0.2, 0.25) is 5.88 Å². The van der Waals surface area contributed by atoms with Gasteiger partial charge in [-0.15, -0.1) is 0 Å². The zero-order chi connectivity index (χ0) is 17.8. The molecule has 1 aliphatic rings. The normalized spacial score (nSPS) is 17.2. The van der Waals surface area contributed by atoms with Crippen LogP contribution in [0, 0.1) is 20.8 Å². The molecule has 0 aliphatic carbocycles. The SMILES string of the molecule is Cc1cc(OC2CCCN(C(=O)Nc3ccccc3C)C2)nc(C)n1. The van der Waals surface area contributed by atoms with Crippen molar-refractivity contribution in [3.8, 4) is 5.88 Å². The average molecular weight is 340 g/mol. The number of anilines is 1. The Bertz CT molecular complexity index is 743. The minimum absolute atomic E-state index is 0.0509. The first kappa shape index (κ1) is 17.2. The third kappa shape index (κ3) is 4.47. The van der Waals surface area contributed by atoms with Gasteiger partial charge in [-0.05, 0) is 45.2 Å². The molecule has 0 radical (unpaired) electrons. The van der Waals surface area contributed by atoms with E-state index in [0.717, 1.165) is 36.3 Å². The molecule has 25 heavy (non-hydrogen) atoms. The summed E-state index contributed by atoms with van der Waals surface area (Å²) in [7, 11) is 0. The standard InChI is InChI=1S/C19H24N4O2/c1-13-7-4-5-9-17(13)22-19(24)23-10-6-8-16(12-23)25-18-11-14(2)20-15(3)21-18/h4-5,7,9,11,16H,6,8,10,12H2,1-3H3,(H,22,24). The minimum Gasteiger partial charge on any atom is -0.472 e. The summed E-state index contributed by atoms with van der Waals surface area (Å²) in [5.41, 5.74) is 2.78. The van der Waals surface area contributed by atoms with Crippen molar-refractivity contribution in [3.63, 3.8) is 0 Å². The Kier molecular flexibility index (Phi) is 5.16. The zero-order valence-electron chi connectivity index (χ0n) is 15.0. The fraction of sp³-hybridized carbons (Fsp3) is 0.421. The van der Waals surface area contributed by atoms with E-state index < -0.39 is 0 Å². The number of carbonyl (C=O) groups excluding carboxylic acids is 1. The summed E-state index contributed by atoms with van der Waals surface area (Å²) in [4.78, 5) is 23.0. The summed E-state index contributed by atoms with van der Waals surface area (Å²) in [6.07, 6.45) is 1.77. The molecule has 6 heteroatoms. The molecule has 1 N–H and O–H groups in total. The van der Waals surface area contributed by atoms with Crippen molar-refractivity contribution in [2.75, 3.05) is 18.4 Å². The van der Waals surface area contributed by atoms with E-state index in [9.17, 15) is 4.79 Å². The van der Waals surface area contributed by atoms with Gasteiger partial charge in [0.1, 0.15) is 11.9 Å². The van der Waals surface area contributed by atoms with Crippen molar-refractivity contribution in [2.24, 2.45) is 0 Å². The van der Waals surface area contributed by atoms with Crippen LogP contribution in [0.1, 0.15) is 29.9 Å². The lowest BCUT2D eigenvalue weighted by Crippen LogP contribution is -2.46. The first-order chi connectivity index (χ1) is 12.0. The van der Waals surface area contributed by atoms with Crippen LogP contribution in [-0.4, -0.2) is 40.1 Å². The van der Waals surface area contributed by atoms with Gasteiger partial charge >= 0.3 is 6.03 Å². The van der Waals surface area contributed by atoms with Crippen LogP contribution < -0.4 is 10.1 Å². The maximum absolute atomic E-state index is 12.6. The molecule has 132 valence electrons. The molecule has 1 fully saturated rings. The molecule has 0 bridgehead atoms. The number of carbonyl (C=O) groups is 1. The largest absolute Gasteiger partial charge is 0.472 e. The molecule has 1 aromatic heterocycles. The first-order valence-corrected chi connectivity index (χ1v) is 8.62. The fourth-order valence-corrected chi connectivity index (χ4v) is 3.04. The van der Waals surface area contributed by atoms with Crippen molar-refractivity contribution in [1.29, 1.82) is 0 Å². The van der Waals surface area contributed by atoms with E-state index >= 15 is 0 Å². The summed E-state index contributed by atoms with van der Waals surface area (Å²) in [6.45, 7) is 7.05. The van der Waals surface area contributed by atoms with Gasteiger partial charge in [-0.2, -0.15) is 4.98 Å². The second-order valence-corrected chi connectivity index (χ2v) is 6.47. The van der Waals surface area contributed by atoms with Crippen LogP contribution in [0.25, 0.3) is 0 Å². The first-order valence-electron chi connectivity index (χ1n) is 8.62. The van der Waals surface area contributed by atoms with Gasteiger partial charge in [0, 0.05) is 24.0 Å². The third-order valence-electron chi connectivity index (χ3n) is 4.28.